The molecule has 0 unspecified atom stereocenters. The minimum Gasteiger partial charge on any atom is -0.356 e. The topological polar surface area (TPSA) is 36.4 Å². The molecule has 200 valence electrons. The normalized spacial score (nSPS) is 11.9. The van der Waals surface area contributed by atoms with Crippen LogP contribution in [0.1, 0.15) is 11.1 Å². The van der Waals surface area contributed by atoms with Crippen LogP contribution in [0.5, 0.6) is 0 Å². The fraction of sp³-hybridized carbons (Fsp3) is 0. The molecular formula is C37H30ClN3. The Hall–Kier alpha value is -5.12. The predicted octanol–water partition coefficient (Wildman–Crippen LogP) is 10.3. The molecule has 0 bridgehead atoms. The Morgan fingerprint density at radius 3 is 1.24 bits per heavy atom. The van der Waals surface area contributed by atoms with Crippen molar-refractivity contribution in [3.8, 4) is 0 Å². The van der Waals surface area contributed by atoms with Crippen LogP contribution in [0.25, 0.3) is 5.57 Å². The lowest BCUT2D eigenvalue weighted by atomic mass is 9.90. The lowest BCUT2D eigenvalue weighted by molar-refractivity contribution is 1.47. The highest BCUT2D eigenvalue weighted by molar-refractivity contribution is 6.08. The van der Waals surface area contributed by atoms with E-state index < -0.39 is 0 Å². The molecule has 0 heterocycles. The van der Waals surface area contributed by atoms with Gasteiger partial charge in [0.1, 0.15) is 0 Å². The summed E-state index contributed by atoms with van der Waals surface area (Å²) in [6.07, 6.45) is 8.48. The number of nitrogens with one attached hydrogen (secondary N) is 2. The number of rotatable bonds is 7. The van der Waals surface area contributed by atoms with E-state index in [9.17, 15) is 0 Å². The summed E-state index contributed by atoms with van der Waals surface area (Å²) in [5.74, 6) is 0. The average molecular weight is 552 g/mol. The number of allylic oxidation sites excluding steroid dienone is 5. The summed E-state index contributed by atoms with van der Waals surface area (Å²) in [6.45, 7) is 0. The predicted molar refractivity (Wildman–Crippen MR) is 177 cm³/mol. The van der Waals surface area contributed by atoms with Gasteiger partial charge >= 0.3 is 0 Å². The molecule has 0 saturated heterocycles. The van der Waals surface area contributed by atoms with E-state index in [-0.39, 0.29) is 12.4 Å². The molecule has 0 aromatic heterocycles. The summed E-state index contributed by atoms with van der Waals surface area (Å²) in [5, 5.41) is 6.96. The summed E-state index contributed by atoms with van der Waals surface area (Å²) >= 11 is 0. The van der Waals surface area contributed by atoms with Crippen LogP contribution < -0.4 is 10.6 Å². The highest BCUT2D eigenvalue weighted by Crippen LogP contribution is 2.32. The van der Waals surface area contributed by atoms with Gasteiger partial charge < -0.3 is 10.6 Å². The van der Waals surface area contributed by atoms with Gasteiger partial charge in [0.05, 0.1) is 11.4 Å². The van der Waals surface area contributed by atoms with Crippen molar-refractivity contribution in [1.29, 1.82) is 0 Å². The quantitative estimate of drug-likeness (QED) is 0.211. The molecule has 0 atom stereocenters. The number of hydrogen-bond donors (Lipinski definition) is 2. The van der Waals surface area contributed by atoms with Gasteiger partial charge in [-0.3, -0.25) is 0 Å². The van der Waals surface area contributed by atoms with E-state index in [0.29, 0.717) is 0 Å². The zero-order valence-electron chi connectivity index (χ0n) is 22.4. The standard InChI is InChI=1S/C37H29N3.ClH/c1-4-10-31(11-5-1)38-34-22-16-28(17-23-34)37(29-18-24-35(25-19-29)39-32-12-6-2-7-13-32)30-20-26-36(27-21-30)40-33-14-8-3-9-15-33;/h1-27,38-39H;1H. The van der Waals surface area contributed by atoms with Gasteiger partial charge in [-0.15, -0.1) is 12.4 Å². The lowest BCUT2D eigenvalue weighted by Crippen LogP contribution is -1.99. The van der Waals surface area contributed by atoms with Crippen molar-refractivity contribution >= 4 is 52.1 Å². The molecule has 0 saturated carbocycles. The van der Waals surface area contributed by atoms with Crippen molar-refractivity contribution < 1.29 is 0 Å². The molecule has 0 spiro atoms. The van der Waals surface area contributed by atoms with E-state index in [2.05, 4.69) is 108 Å². The maximum Gasteiger partial charge on any atom is 0.0637 e. The fourth-order valence-corrected chi connectivity index (χ4v) is 4.67. The van der Waals surface area contributed by atoms with Gasteiger partial charge in [-0.25, -0.2) is 4.99 Å². The molecule has 6 rings (SSSR count). The van der Waals surface area contributed by atoms with Gasteiger partial charge in [-0.1, -0.05) is 91.0 Å². The minimum atomic E-state index is 0. The van der Waals surface area contributed by atoms with Gasteiger partial charge in [-0.05, 0) is 95.1 Å². The van der Waals surface area contributed by atoms with E-state index in [1.807, 2.05) is 66.7 Å². The highest BCUT2D eigenvalue weighted by Gasteiger charge is 2.12. The number of halogens is 1. The Kier molecular flexibility index (Phi) is 8.90. The Morgan fingerprint density at radius 2 is 0.805 bits per heavy atom. The van der Waals surface area contributed by atoms with Crippen LogP contribution in [0, 0.1) is 0 Å². The van der Waals surface area contributed by atoms with E-state index >= 15 is 0 Å². The van der Waals surface area contributed by atoms with Crippen LogP contribution in [-0.2, 0) is 0 Å². The Morgan fingerprint density at radius 1 is 0.415 bits per heavy atom. The molecule has 41 heavy (non-hydrogen) atoms. The maximum absolute atomic E-state index is 4.76. The smallest absolute Gasteiger partial charge is 0.0637 e. The Bertz CT molecular complexity index is 1580. The van der Waals surface area contributed by atoms with Crippen LogP contribution >= 0.6 is 12.4 Å². The summed E-state index contributed by atoms with van der Waals surface area (Å²) in [4.78, 5) is 4.76. The molecule has 4 heteroatoms. The summed E-state index contributed by atoms with van der Waals surface area (Å²) in [7, 11) is 0. The third-order valence-corrected chi connectivity index (χ3v) is 6.64. The molecule has 0 amide bonds. The Balaban J connectivity index is 0.00000337. The van der Waals surface area contributed by atoms with Crippen molar-refractivity contribution in [2.24, 2.45) is 4.99 Å². The first-order valence-electron chi connectivity index (χ1n) is 13.4. The van der Waals surface area contributed by atoms with Crippen LogP contribution in [0.2, 0.25) is 0 Å². The molecule has 5 aromatic rings. The molecular weight excluding hydrogens is 522 g/mol. The molecule has 5 aromatic carbocycles. The molecule has 3 nitrogen and oxygen atoms in total. The van der Waals surface area contributed by atoms with Crippen molar-refractivity contribution in [2.75, 3.05) is 10.6 Å². The zero-order valence-corrected chi connectivity index (χ0v) is 23.3. The third-order valence-electron chi connectivity index (χ3n) is 6.64. The number of nitrogens with zero attached hydrogens (tertiary/aromatic N) is 1. The first kappa shape index (κ1) is 27.4. The monoisotopic (exact) mass is 551 g/mol. The lowest BCUT2D eigenvalue weighted by Gasteiger charge is -2.16. The van der Waals surface area contributed by atoms with Gasteiger partial charge in [0, 0.05) is 22.7 Å². The van der Waals surface area contributed by atoms with Crippen LogP contribution in [0.15, 0.2) is 174 Å². The van der Waals surface area contributed by atoms with Gasteiger partial charge in [0.25, 0.3) is 0 Å². The summed E-state index contributed by atoms with van der Waals surface area (Å²) in [5.41, 5.74) is 10.7. The second-order valence-electron chi connectivity index (χ2n) is 9.51. The van der Waals surface area contributed by atoms with E-state index in [0.717, 1.165) is 50.8 Å². The van der Waals surface area contributed by atoms with E-state index in [1.165, 1.54) is 5.57 Å². The average Bonchev–Trinajstić information content (AvgIpc) is 3.01. The molecule has 1 aliphatic rings. The number of benzene rings is 5. The van der Waals surface area contributed by atoms with Gasteiger partial charge in [0.15, 0.2) is 0 Å². The largest absolute Gasteiger partial charge is 0.356 e. The Labute approximate surface area is 247 Å². The first-order chi connectivity index (χ1) is 19.8. The number of anilines is 4. The van der Waals surface area contributed by atoms with Crippen molar-refractivity contribution in [2.45, 2.75) is 0 Å². The molecule has 1 aliphatic carbocycles. The van der Waals surface area contributed by atoms with Crippen molar-refractivity contribution in [1.82, 2.24) is 0 Å². The summed E-state index contributed by atoms with van der Waals surface area (Å²) in [6, 6.07) is 47.7. The number of para-hydroxylation sites is 3. The van der Waals surface area contributed by atoms with E-state index in [4.69, 9.17) is 4.99 Å². The van der Waals surface area contributed by atoms with Crippen LogP contribution in [-0.4, -0.2) is 5.71 Å². The zero-order chi connectivity index (χ0) is 27.0. The molecule has 0 aliphatic heterocycles. The SMILES string of the molecule is C1=CC(=C(c2ccc(Nc3ccccc3)cc2)c2ccc(Nc3ccccc3)cc2)C=CC1=Nc1ccccc1.Cl. The third kappa shape index (κ3) is 7.10. The number of hydrogen-bond acceptors (Lipinski definition) is 3. The maximum atomic E-state index is 4.76. The van der Waals surface area contributed by atoms with E-state index in [1.54, 1.807) is 0 Å². The van der Waals surface area contributed by atoms with Crippen molar-refractivity contribution in [3.05, 3.63) is 181 Å². The minimum absolute atomic E-state index is 0. The van der Waals surface area contributed by atoms with Gasteiger partial charge in [-0.2, -0.15) is 0 Å². The fourth-order valence-electron chi connectivity index (χ4n) is 4.67. The van der Waals surface area contributed by atoms with Crippen molar-refractivity contribution in [3.63, 3.8) is 0 Å². The highest BCUT2D eigenvalue weighted by atomic mass is 35.5. The van der Waals surface area contributed by atoms with Crippen LogP contribution in [0.4, 0.5) is 28.4 Å². The second-order valence-corrected chi connectivity index (χ2v) is 9.51. The van der Waals surface area contributed by atoms with Crippen LogP contribution in [0.3, 0.4) is 0 Å². The number of aliphatic imine (C=N–C) groups is 1. The second kappa shape index (κ2) is 13.3. The van der Waals surface area contributed by atoms with Gasteiger partial charge in [0.2, 0.25) is 0 Å². The first-order valence-corrected chi connectivity index (χ1v) is 13.4. The molecule has 0 radical (unpaired) electrons. The molecule has 0 fully saturated rings. The molecule has 2 N–H and O–H groups in total. The summed E-state index contributed by atoms with van der Waals surface area (Å²) < 4.78 is 0.